The zero-order valence-corrected chi connectivity index (χ0v) is 8.27. The van der Waals surface area contributed by atoms with Gasteiger partial charge in [-0.3, -0.25) is 9.78 Å². The summed E-state index contributed by atoms with van der Waals surface area (Å²) < 4.78 is 1.39. The number of hydrogen-bond acceptors (Lipinski definition) is 3. The molecule has 1 saturated carbocycles. The standard InChI is InChI=1S/C9H13N3O3/c13-8(14)5-7-10-9(15)12(11-7)6-3-1-2-4-6/h6H,1-5H2,(H,13,14)(H,10,11,15). The molecule has 0 atom stereocenters. The molecule has 0 aliphatic heterocycles. The lowest BCUT2D eigenvalue weighted by molar-refractivity contribution is -0.136. The van der Waals surface area contributed by atoms with Gasteiger partial charge in [0.05, 0.1) is 6.04 Å². The third kappa shape index (κ3) is 2.08. The zero-order chi connectivity index (χ0) is 10.8. The number of nitrogens with one attached hydrogen (secondary N) is 1. The SMILES string of the molecule is O=C(O)Cc1nn(C2CCCC2)c(=O)[nH]1. The van der Waals surface area contributed by atoms with Gasteiger partial charge in [-0.05, 0) is 12.8 Å². The molecule has 0 unspecified atom stereocenters. The number of carbonyl (C=O) groups is 1. The Kier molecular flexibility index (Phi) is 2.57. The van der Waals surface area contributed by atoms with Crippen LogP contribution in [-0.2, 0) is 11.2 Å². The van der Waals surface area contributed by atoms with E-state index in [1.807, 2.05) is 0 Å². The number of H-pyrrole nitrogens is 1. The lowest BCUT2D eigenvalue weighted by atomic mass is 10.3. The second kappa shape index (κ2) is 3.88. The van der Waals surface area contributed by atoms with Crippen LogP contribution in [0.5, 0.6) is 0 Å². The van der Waals surface area contributed by atoms with Crippen LogP contribution in [0.4, 0.5) is 0 Å². The summed E-state index contributed by atoms with van der Waals surface area (Å²) in [5.41, 5.74) is -0.293. The van der Waals surface area contributed by atoms with E-state index in [1.54, 1.807) is 0 Å². The smallest absolute Gasteiger partial charge is 0.343 e. The Morgan fingerprint density at radius 2 is 2.20 bits per heavy atom. The summed E-state index contributed by atoms with van der Waals surface area (Å²) in [5, 5.41) is 12.6. The number of aromatic amines is 1. The summed E-state index contributed by atoms with van der Waals surface area (Å²) in [5.74, 6) is -0.748. The first kappa shape index (κ1) is 9.95. The number of rotatable bonds is 3. The van der Waals surface area contributed by atoms with Gasteiger partial charge < -0.3 is 5.11 Å². The van der Waals surface area contributed by atoms with Gasteiger partial charge in [0.25, 0.3) is 0 Å². The Morgan fingerprint density at radius 1 is 1.53 bits per heavy atom. The Labute approximate surface area is 85.9 Å². The van der Waals surface area contributed by atoms with Crippen molar-refractivity contribution in [2.75, 3.05) is 0 Å². The van der Waals surface area contributed by atoms with Crippen molar-refractivity contribution >= 4 is 5.97 Å². The third-order valence-electron chi connectivity index (χ3n) is 2.68. The van der Waals surface area contributed by atoms with Gasteiger partial charge in [-0.1, -0.05) is 12.8 Å². The van der Waals surface area contributed by atoms with E-state index in [0.29, 0.717) is 0 Å². The summed E-state index contributed by atoms with van der Waals surface area (Å²) >= 11 is 0. The average molecular weight is 211 g/mol. The summed E-state index contributed by atoms with van der Waals surface area (Å²) in [7, 11) is 0. The fourth-order valence-electron chi connectivity index (χ4n) is 2.00. The molecular formula is C9H13N3O3. The maximum Gasteiger partial charge on any atom is 0.343 e. The molecule has 1 aromatic heterocycles. The van der Waals surface area contributed by atoms with E-state index < -0.39 is 5.97 Å². The van der Waals surface area contributed by atoms with Crippen LogP contribution in [-0.4, -0.2) is 25.8 Å². The van der Waals surface area contributed by atoms with E-state index in [9.17, 15) is 9.59 Å². The van der Waals surface area contributed by atoms with Crippen molar-refractivity contribution in [2.45, 2.75) is 38.1 Å². The van der Waals surface area contributed by atoms with Crippen LogP contribution in [0.2, 0.25) is 0 Å². The van der Waals surface area contributed by atoms with Gasteiger partial charge >= 0.3 is 11.7 Å². The highest BCUT2D eigenvalue weighted by Crippen LogP contribution is 2.27. The van der Waals surface area contributed by atoms with Gasteiger partial charge in [-0.2, -0.15) is 5.10 Å². The van der Waals surface area contributed by atoms with Crippen LogP contribution in [0.15, 0.2) is 4.79 Å². The van der Waals surface area contributed by atoms with Gasteiger partial charge in [0.15, 0.2) is 0 Å². The minimum absolute atomic E-state index is 0.149. The van der Waals surface area contributed by atoms with E-state index in [1.165, 1.54) is 4.68 Å². The van der Waals surface area contributed by atoms with Gasteiger partial charge in [0.2, 0.25) is 0 Å². The first-order valence-corrected chi connectivity index (χ1v) is 5.06. The van der Waals surface area contributed by atoms with E-state index in [4.69, 9.17) is 5.11 Å². The largest absolute Gasteiger partial charge is 0.481 e. The van der Waals surface area contributed by atoms with Crippen molar-refractivity contribution in [1.82, 2.24) is 14.8 Å². The molecule has 1 aliphatic rings. The third-order valence-corrected chi connectivity index (χ3v) is 2.68. The Balaban J connectivity index is 2.21. The van der Waals surface area contributed by atoms with Crippen molar-refractivity contribution in [2.24, 2.45) is 0 Å². The second-order valence-electron chi connectivity index (χ2n) is 3.83. The van der Waals surface area contributed by atoms with Crippen molar-refractivity contribution in [1.29, 1.82) is 0 Å². The van der Waals surface area contributed by atoms with E-state index in [2.05, 4.69) is 10.1 Å². The van der Waals surface area contributed by atoms with Crippen LogP contribution in [0.3, 0.4) is 0 Å². The van der Waals surface area contributed by atoms with Crippen molar-refractivity contribution in [3.8, 4) is 0 Å². The first-order valence-electron chi connectivity index (χ1n) is 5.06. The van der Waals surface area contributed by atoms with E-state index >= 15 is 0 Å². The average Bonchev–Trinajstić information content (AvgIpc) is 2.72. The minimum Gasteiger partial charge on any atom is -0.481 e. The molecule has 0 saturated heterocycles. The summed E-state index contributed by atoms with van der Waals surface area (Å²) in [4.78, 5) is 24.4. The van der Waals surface area contributed by atoms with Crippen LogP contribution >= 0.6 is 0 Å². The van der Waals surface area contributed by atoms with Gasteiger partial charge in [0, 0.05) is 0 Å². The predicted molar refractivity (Wildman–Crippen MR) is 51.7 cm³/mol. The normalized spacial score (nSPS) is 17.1. The predicted octanol–water partition coefficient (Wildman–Crippen LogP) is 0.314. The zero-order valence-electron chi connectivity index (χ0n) is 8.27. The van der Waals surface area contributed by atoms with Crippen LogP contribution in [0, 0.1) is 0 Å². The maximum absolute atomic E-state index is 11.5. The van der Waals surface area contributed by atoms with Crippen molar-refractivity contribution < 1.29 is 9.90 Å². The molecule has 1 aromatic rings. The van der Waals surface area contributed by atoms with Crippen molar-refractivity contribution in [3.05, 3.63) is 16.3 Å². The molecule has 0 aromatic carbocycles. The minimum atomic E-state index is -0.984. The Bertz CT molecular complexity index is 414. The fourth-order valence-corrected chi connectivity index (χ4v) is 2.00. The highest BCUT2D eigenvalue weighted by atomic mass is 16.4. The molecule has 2 N–H and O–H groups in total. The molecule has 1 fully saturated rings. The fraction of sp³-hybridized carbons (Fsp3) is 0.667. The number of carboxylic acid groups (broad SMARTS) is 1. The van der Waals surface area contributed by atoms with Crippen LogP contribution < -0.4 is 5.69 Å². The van der Waals surface area contributed by atoms with Gasteiger partial charge in [0.1, 0.15) is 12.2 Å². The molecule has 6 nitrogen and oxygen atoms in total. The molecule has 15 heavy (non-hydrogen) atoms. The Hall–Kier alpha value is -1.59. The molecule has 6 heteroatoms. The summed E-state index contributed by atoms with van der Waals surface area (Å²) in [6.45, 7) is 0. The lowest BCUT2D eigenvalue weighted by Crippen LogP contribution is -2.21. The molecule has 1 heterocycles. The van der Waals surface area contributed by atoms with E-state index in [-0.39, 0.29) is 24.0 Å². The van der Waals surface area contributed by atoms with Crippen LogP contribution in [0.25, 0.3) is 0 Å². The van der Waals surface area contributed by atoms with Crippen LogP contribution in [0.1, 0.15) is 37.5 Å². The second-order valence-corrected chi connectivity index (χ2v) is 3.83. The lowest BCUT2D eigenvalue weighted by Gasteiger charge is -2.06. The summed E-state index contributed by atoms with van der Waals surface area (Å²) in [6.07, 6.45) is 3.90. The van der Waals surface area contributed by atoms with Crippen molar-refractivity contribution in [3.63, 3.8) is 0 Å². The molecular weight excluding hydrogens is 198 g/mol. The molecule has 0 radical (unpaired) electrons. The number of nitrogens with zero attached hydrogens (tertiary/aromatic N) is 2. The number of carboxylic acids is 1. The topological polar surface area (TPSA) is 88.0 Å². The summed E-state index contributed by atoms with van der Waals surface area (Å²) in [6, 6.07) is 0.149. The molecule has 0 spiro atoms. The molecule has 1 aliphatic carbocycles. The number of aromatic nitrogens is 3. The quantitative estimate of drug-likeness (QED) is 0.753. The number of aliphatic carboxylic acids is 1. The Morgan fingerprint density at radius 3 is 2.80 bits per heavy atom. The monoisotopic (exact) mass is 211 g/mol. The maximum atomic E-state index is 11.5. The van der Waals surface area contributed by atoms with Gasteiger partial charge in [-0.15, -0.1) is 0 Å². The number of hydrogen-bond donors (Lipinski definition) is 2. The molecule has 82 valence electrons. The molecule has 0 bridgehead atoms. The first-order chi connectivity index (χ1) is 7.16. The molecule has 2 rings (SSSR count). The molecule has 0 amide bonds. The highest BCUT2D eigenvalue weighted by Gasteiger charge is 2.20. The van der Waals surface area contributed by atoms with Gasteiger partial charge in [-0.25, -0.2) is 9.48 Å². The van der Waals surface area contributed by atoms with E-state index in [0.717, 1.165) is 25.7 Å². The highest BCUT2D eigenvalue weighted by molar-refractivity contribution is 5.68.